The second-order valence-corrected chi connectivity index (χ2v) is 18.1. The van der Waals surface area contributed by atoms with Crippen LogP contribution in [0.4, 0.5) is 5.95 Å². The first-order chi connectivity index (χ1) is 29.4. The highest BCUT2D eigenvalue weighted by Gasteiger charge is 2.47. The molecule has 2 unspecified atom stereocenters. The highest BCUT2D eigenvalue weighted by molar-refractivity contribution is 7.49. The molecule has 62 heavy (non-hydrogen) atoms. The molecule has 0 saturated carbocycles. The summed E-state index contributed by atoms with van der Waals surface area (Å²) in [5.41, 5.74) is -2.04. The number of aryl methyl sites for hydroxylation is 1. The first kappa shape index (κ1) is 45.3. The molecule has 22 nitrogen and oxygen atoms in total. The van der Waals surface area contributed by atoms with Crippen molar-refractivity contribution in [2.75, 3.05) is 18.5 Å². The van der Waals surface area contributed by atoms with E-state index in [0.717, 1.165) is 4.57 Å². The van der Waals surface area contributed by atoms with Gasteiger partial charge < -0.3 is 23.6 Å². The van der Waals surface area contributed by atoms with Crippen LogP contribution in [0.5, 0.6) is 11.5 Å². The van der Waals surface area contributed by atoms with Crippen molar-refractivity contribution < 1.29 is 56.0 Å². The number of aromatic amines is 2. The average Bonchev–Trinajstić information content (AvgIpc) is 3.93. The zero-order chi connectivity index (χ0) is 44.5. The van der Waals surface area contributed by atoms with Gasteiger partial charge in [-0.15, -0.1) is 0 Å². The number of nitrogens with one attached hydrogen (secondary N) is 3. The van der Waals surface area contributed by atoms with E-state index in [1.165, 1.54) is 60.4 Å². The first-order valence-electron chi connectivity index (χ1n) is 18.8. The molecule has 0 bridgehead atoms. The largest absolute Gasteiger partial charge is 0.530 e. The molecule has 0 radical (unpaired) electrons. The van der Waals surface area contributed by atoms with Gasteiger partial charge in [-0.1, -0.05) is 61.3 Å². The summed E-state index contributed by atoms with van der Waals surface area (Å²) in [6.45, 7) is 3.38. The number of aliphatic hydroxyl groups excluding tert-OH is 1. The number of halogens is 2. The van der Waals surface area contributed by atoms with Crippen molar-refractivity contribution in [2.45, 2.75) is 70.5 Å². The van der Waals surface area contributed by atoms with E-state index in [4.69, 9.17) is 55.3 Å². The summed E-state index contributed by atoms with van der Waals surface area (Å²) < 4.78 is 70.8. The smallest absolute Gasteiger partial charge is 0.403 e. The van der Waals surface area contributed by atoms with Crippen molar-refractivity contribution in [3.05, 3.63) is 108 Å². The number of hydrogen-bond donors (Lipinski definition) is 5. The molecular weight excluding hydrogens is 903 g/mol. The van der Waals surface area contributed by atoms with Crippen LogP contribution in [-0.2, 0) is 37.0 Å². The van der Waals surface area contributed by atoms with E-state index in [1.807, 2.05) is 0 Å². The van der Waals surface area contributed by atoms with E-state index in [1.54, 1.807) is 26.0 Å². The van der Waals surface area contributed by atoms with Crippen molar-refractivity contribution in [1.82, 2.24) is 29.1 Å². The summed E-state index contributed by atoms with van der Waals surface area (Å²) >= 11 is 12.5. The molecule has 2 aliphatic heterocycles. The van der Waals surface area contributed by atoms with Crippen LogP contribution in [0, 0.1) is 12.8 Å². The number of aliphatic hydroxyl groups is 1. The number of rotatable bonds is 16. The lowest BCUT2D eigenvalue weighted by atomic mass is 10.2. The van der Waals surface area contributed by atoms with Crippen LogP contribution in [0.1, 0.15) is 44.7 Å². The van der Waals surface area contributed by atoms with Gasteiger partial charge in [-0.3, -0.25) is 57.3 Å². The number of carbonyl (C=O) groups is 1. The number of anilines is 1. The lowest BCUT2D eigenvalue weighted by molar-refractivity contribution is -0.118. The molecule has 0 aliphatic carbocycles. The van der Waals surface area contributed by atoms with Crippen LogP contribution in [0.25, 0.3) is 11.2 Å². The Morgan fingerprint density at radius 1 is 0.919 bits per heavy atom. The molecule has 7 rings (SSSR count). The quantitative estimate of drug-likeness (QED) is 0.0845. The van der Waals surface area contributed by atoms with Gasteiger partial charge >= 0.3 is 21.3 Å². The molecule has 3 aromatic heterocycles. The first-order valence-corrected chi connectivity index (χ1v) is 22.5. The fourth-order valence-electron chi connectivity index (χ4n) is 6.31. The molecule has 5 aromatic rings. The third-order valence-electron chi connectivity index (χ3n) is 9.51. The van der Waals surface area contributed by atoms with Gasteiger partial charge in [0.1, 0.15) is 42.3 Å². The summed E-state index contributed by atoms with van der Waals surface area (Å²) in [5.74, 6) is -1.38. The molecule has 5 N–H and O–H groups in total. The van der Waals surface area contributed by atoms with Gasteiger partial charge in [0.25, 0.3) is 11.1 Å². The molecule has 2 fully saturated rings. The molecular formula is C36H39Cl2N7O15P2. The third-order valence-corrected chi connectivity index (χ3v) is 12.5. The number of phosphoric ester groups is 2. The topological polar surface area (TPSA) is 287 Å². The van der Waals surface area contributed by atoms with Crippen LogP contribution in [0.3, 0.4) is 0 Å². The van der Waals surface area contributed by atoms with Crippen LogP contribution < -0.4 is 31.2 Å². The van der Waals surface area contributed by atoms with Gasteiger partial charge in [-0.2, -0.15) is 4.98 Å². The highest BCUT2D eigenvalue weighted by atomic mass is 35.5. The van der Waals surface area contributed by atoms with E-state index >= 15 is 0 Å². The lowest BCUT2D eigenvalue weighted by Gasteiger charge is -2.26. The number of hydrogen-bond acceptors (Lipinski definition) is 16. The minimum Gasteiger partial charge on any atom is -0.403 e. The number of carbonyl (C=O) groups excluding carboxylic acids is 1. The Morgan fingerprint density at radius 2 is 1.55 bits per heavy atom. The minimum absolute atomic E-state index is 0.00451. The SMILES string of the molecule is Cc1cn([C@H]2C[C@H](O)[C@@H](COP(=O)(Oc3ccccc3Cl)O[C@H]3C[C@H](n4cnc5c(=O)[nH]c(NC(=O)C(C)C)nc54)O[C@@H]3COP(=O)(O)Oc3ccccc3Cl)O2)c(=O)[nH]c1=O. The van der Waals surface area contributed by atoms with Gasteiger partial charge in [0.05, 0.1) is 35.7 Å². The highest BCUT2D eigenvalue weighted by Crippen LogP contribution is 2.55. The standard InChI is InChI=1S/C36H39Cl2N7O15P2/c1-18(2)32(47)41-35-40-31-30(34(49)42-35)39-17-45(31)29-13-25(27(57-29)16-54-61(51,52)58-23-10-6-4-8-20(23)37)60-62(53,59-24-11-7-5-9-21(24)38)55-15-26-22(46)12-28(56-26)44-14-19(3)33(48)43-36(44)50/h4-11,14,17-18,22,25-29,46H,12-13,15-16H2,1-3H3,(H,51,52)(H,43,48,50)(H2,40,41,42,47,49)/t22-,25-,26+,27+,28+,29+,62?/m0/s1. The summed E-state index contributed by atoms with van der Waals surface area (Å²) in [6.07, 6.45) is -5.33. The van der Waals surface area contributed by atoms with Gasteiger partial charge in [0.2, 0.25) is 11.9 Å². The Kier molecular flexibility index (Phi) is 13.6. The Labute approximate surface area is 360 Å². The lowest BCUT2D eigenvalue weighted by Crippen LogP contribution is -2.33. The summed E-state index contributed by atoms with van der Waals surface area (Å²) in [6, 6.07) is 11.8. The predicted octanol–water partition coefficient (Wildman–Crippen LogP) is 4.60. The Bertz CT molecular complexity index is 2750. The van der Waals surface area contributed by atoms with Crippen molar-refractivity contribution in [3.8, 4) is 11.5 Å². The predicted molar refractivity (Wildman–Crippen MR) is 219 cm³/mol. The fourth-order valence-corrected chi connectivity index (χ4v) is 9.00. The molecule has 2 aromatic carbocycles. The number of H-pyrrole nitrogens is 2. The average molecular weight is 943 g/mol. The van der Waals surface area contributed by atoms with Gasteiger partial charge in [0.15, 0.2) is 11.2 Å². The van der Waals surface area contributed by atoms with E-state index in [9.17, 15) is 38.3 Å². The fraction of sp³-hybridized carbons (Fsp3) is 0.389. The number of amides is 1. The van der Waals surface area contributed by atoms with Crippen molar-refractivity contribution in [3.63, 3.8) is 0 Å². The maximum atomic E-state index is 14.8. The maximum Gasteiger partial charge on any atom is 0.530 e. The van der Waals surface area contributed by atoms with E-state index in [-0.39, 0.29) is 57.1 Å². The second kappa shape index (κ2) is 18.6. The van der Waals surface area contributed by atoms with Crippen LogP contribution in [0.15, 0.2) is 75.4 Å². The number of nitrogens with zero attached hydrogens (tertiary/aromatic N) is 4. The Hall–Kier alpha value is -4.70. The molecule has 8 atom stereocenters. The molecule has 5 heterocycles. The summed E-state index contributed by atoms with van der Waals surface area (Å²) in [7, 11) is -9.85. The van der Waals surface area contributed by atoms with Crippen LogP contribution in [0.2, 0.25) is 10.0 Å². The van der Waals surface area contributed by atoms with Crippen molar-refractivity contribution in [2.24, 2.45) is 5.92 Å². The number of ether oxygens (including phenoxy) is 2. The van der Waals surface area contributed by atoms with E-state index < -0.39 is 94.4 Å². The van der Waals surface area contributed by atoms with Gasteiger partial charge in [0, 0.05) is 30.5 Å². The van der Waals surface area contributed by atoms with Crippen LogP contribution in [-0.4, -0.2) is 82.6 Å². The van der Waals surface area contributed by atoms with Crippen molar-refractivity contribution >= 4 is 61.9 Å². The van der Waals surface area contributed by atoms with E-state index in [0.29, 0.717) is 0 Å². The number of fused-ring (bicyclic) bond motifs is 1. The molecule has 332 valence electrons. The monoisotopic (exact) mass is 941 g/mol. The summed E-state index contributed by atoms with van der Waals surface area (Å²) in [4.78, 5) is 73.8. The van der Waals surface area contributed by atoms with Gasteiger partial charge in [-0.25, -0.2) is 18.9 Å². The normalized spacial score (nSPS) is 23.3. The zero-order valence-electron chi connectivity index (χ0n) is 32.8. The Morgan fingerprint density at radius 3 is 2.23 bits per heavy atom. The number of para-hydroxylation sites is 2. The van der Waals surface area contributed by atoms with E-state index in [2.05, 4.69) is 25.3 Å². The molecule has 26 heteroatoms. The number of imidazole rings is 1. The second-order valence-electron chi connectivity index (χ2n) is 14.4. The van der Waals surface area contributed by atoms with Crippen molar-refractivity contribution in [1.29, 1.82) is 0 Å². The van der Waals surface area contributed by atoms with Gasteiger partial charge in [-0.05, 0) is 31.2 Å². The number of benzene rings is 2. The Balaban J connectivity index is 1.18. The van der Waals surface area contributed by atoms with Crippen LogP contribution >= 0.6 is 38.8 Å². The molecule has 2 saturated heterocycles. The minimum atomic E-state index is -4.94. The zero-order valence-corrected chi connectivity index (χ0v) is 36.1. The summed E-state index contributed by atoms with van der Waals surface area (Å²) in [5, 5.41) is 13.5. The maximum absolute atomic E-state index is 14.8. The molecule has 0 spiro atoms. The molecule has 2 aliphatic rings. The number of aromatic nitrogens is 6. The number of phosphoric acid groups is 2. The third kappa shape index (κ3) is 10.4. The molecule has 1 amide bonds.